The van der Waals surface area contributed by atoms with Crippen LogP contribution in [0.3, 0.4) is 0 Å². The van der Waals surface area contributed by atoms with Crippen molar-refractivity contribution in [1.82, 2.24) is 0 Å². The average molecular weight is 419 g/mol. The van der Waals surface area contributed by atoms with Crippen LogP contribution in [0, 0.1) is 58.2 Å². The van der Waals surface area contributed by atoms with Crippen LogP contribution in [0.1, 0.15) is 106 Å². The van der Waals surface area contributed by atoms with Crippen LogP contribution in [0.2, 0.25) is 0 Å². The Balaban J connectivity index is 1.51. The molecule has 4 rings (SSSR count). The monoisotopic (exact) mass is 418 g/mol. The Kier molecular flexibility index (Phi) is 6.44. The number of fused-ring (bicyclic) bond motifs is 5. The highest BCUT2D eigenvalue weighted by Crippen LogP contribution is 2.68. The summed E-state index contributed by atoms with van der Waals surface area (Å²) >= 11 is 0. The van der Waals surface area contributed by atoms with Crippen LogP contribution in [0.5, 0.6) is 0 Å². The van der Waals surface area contributed by atoms with E-state index in [1.807, 2.05) is 0 Å². The maximum absolute atomic E-state index is 11.6. The van der Waals surface area contributed by atoms with Crippen molar-refractivity contribution in [3.05, 3.63) is 0 Å². The number of rotatable bonds is 5. The molecule has 2 nitrogen and oxygen atoms in total. The second kappa shape index (κ2) is 8.36. The van der Waals surface area contributed by atoms with E-state index in [1.54, 1.807) is 0 Å². The topological polar surface area (TPSA) is 40.5 Å². The Morgan fingerprint density at radius 1 is 0.867 bits per heavy atom. The minimum atomic E-state index is -0.137. The summed E-state index contributed by atoms with van der Waals surface area (Å²) < 4.78 is 0. The molecule has 4 aliphatic rings. The van der Waals surface area contributed by atoms with Gasteiger partial charge in [-0.1, -0.05) is 54.4 Å². The molecule has 11 atom stereocenters. The van der Waals surface area contributed by atoms with Crippen molar-refractivity contribution in [2.45, 2.75) is 118 Å². The summed E-state index contributed by atoms with van der Waals surface area (Å²) in [6.45, 7) is 14.7. The maximum Gasteiger partial charge on any atom is 0.0581 e. The zero-order chi connectivity index (χ0) is 21.8. The predicted molar refractivity (Wildman–Crippen MR) is 125 cm³/mol. The Morgan fingerprint density at radius 2 is 1.60 bits per heavy atom. The fraction of sp³-hybridized carbons (Fsp3) is 1.00. The van der Waals surface area contributed by atoms with Crippen LogP contribution in [0.15, 0.2) is 0 Å². The molecule has 0 radical (unpaired) electrons. The Morgan fingerprint density at radius 3 is 2.30 bits per heavy atom. The number of hydrogen-bond acceptors (Lipinski definition) is 2. The van der Waals surface area contributed by atoms with Crippen LogP contribution >= 0.6 is 0 Å². The Labute approximate surface area is 186 Å². The normalized spacial score (nSPS) is 50.5. The van der Waals surface area contributed by atoms with Gasteiger partial charge in [-0.25, -0.2) is 0 Å². The summed E-state index contributed by atoms with van der Waals surface area (Å²) in [5.41, 5.74) is 0.581. The predicted octanol–water partition coefficient (Wildman–Crippen LogP) is 6.69. The van der Waals surface area contributed by atoms with Gasteiger partial charge in [0.1, 0.15) is 0 Å². The van der Waals surface area contributed by atoms with Crippen LogP contribution < -0.4 is 0 Å². The molecule has 4 saturated carbocycles. The van der Waals surface area contributed by atoms with E-state index in [-0.39, 0.29) is 17.6 Å². The van der Waals surface area contributed by atoms with Gasteiger partial charge < -0.3 is 10.2 Å². The summed E-state index contributed by atoms with van der Waals surface area (Å²) in [4.78, 5) is 0. The zero-order valence-corrected chi connectivity index (χ0v) is 20.7. The van der Waals surface area contributed by atoms with Crippen molar-refractivity contribution in [1.29, 1.82) is 0 Å². The van der Waals surface area contributed by atoms with E-state index in [0.717, 1.165) is 55.3 Å². The molecular weight excluding hydrogens is 368 g/mol. The summed E-state index contributed by atoms with van der Waals surface area (Å²) in [5, 5.41) is 21.9. The lowest BCUT2D eigenvalue weighted by atomic mass is 9.43. The molecule has 0 unspecified atom stereocenters. The van der Waals surface area contributed by atoms with Gasteiger partial charge >= 0.3 is 0 Å². The molecule has 0 aromatic heterocycles. The second-order valence-corrected chi connectivity index (χ2v) is 13.2. The third-order valence-electron chi connectivity index (χ3n) is 11.5. The van der Waals surface area contributed by atoms with Gasteiger partial charge in [0, 0.05) is 0 Å². The lowest BCUT2D eigenvalue weighted by Crippen LogP contribution is -2.59. The minimum absolute atomic E-state index is 0.101. The van der Waals surface area contributed by atoms with Crippen LogP contribution in [-0.2, 0) is 0 Å². The van der Waals surface area contributed by atoms with E-state index < -0.39 is 0 Å². The third kappa shape index (κ3) is 3.70. The van der Waals surface area contributed by atoms with Crippen molar-refractivity contribution < 1.29 is 10.2 Å². The van der Waals surface area contributed by atoms with Crippen LogP contribution in [0.25, 0.3) is 0 Å². The largest absolute Gasteiger partial charge is 0.393 e. The molecular formula is C28H50O2. The van der Waals surface area contributed by atoms with Gasteiger partial charge in [-0.05, 0) is 110 Å². The molecule has 30 heavy (non-hydrogen) atoms. The molecule has 174 valence electrons. The van der Waals surface area contributed by atoms with Gasteiger partial charge in [-0.15, -0.1) is 0 Å². The van der Waals surface area contributed by atoms with Gasteiger partial charge in [0.05, 0.1) is 12.2 Å². The Hall–Kier alpha value is -0.0800. The third-order valence-corrected chi connectivity index (χ3v) is 11.5. The SMILES string of the molecule is CC(C)[C@@H](C)CC[C@@H](C)[C@@H]1CC[C@@H]2[C@@H]3CC[C@H]4C[C@H](O)CC[C@]4(C)[C@@H]3[C@@H](O)C[C@]21C. The van der Waals surface area contributed by atoms with E-state index in [1.165, 1.54) is 38.5 Å². The molecule has 0 bridgehead atoms. The summed E-state index contributed by atoms with van der Waals surface area (Å²) in [5.74, 6) is 5.78. The quantitative estimate of drug-likeness (QED) is 0.522. The molecule has 2 heteroatoms. The highest BCUT2D eigenvalue weighted by molar-refractivity contribution is 5.12. The summed E-state index contributed by atoms with van der Waals surface area (Å²) in [7, 11) is 0. The smallest absolute Gasteiger partial charge is 0.0581 e. The minimum Gasteiger partial charge on any atom is -0.393 e. The van der Waals surface area contributed by atoms with Gasteiger partial charge in [0.15, 0.2) is 0 Å². The summed E-state index contributed by atoms with van der Waals surface area (Å²) in [6.07, 6.45) is 11.9. The molecule has 4 fully saturated rings. The Bertz CT molecular complexity index is 601. The summed E-state index contributed by atoms with van der Waals surface area (Å²) in [6, 6.07) is 0. The first kappa shape index (κ1) is 23.1. The van der Waals surface area contributed by atoms with Crippen molar-refractivity contribution in [2.24, 2.45) is 58.2 Å². The van der Waals surface area contributed by atoms with Crippen LogP contribution in [-0.4, -0.2) is 22.4 Å². The van der Waals surface area contributed by atoms with Gasteiger partial charge in [-0.2, -0.15) is 0 Å². The van der Waals surface area contributed by atoms with Gasteiger partial charge in [0.25, 0.3) is 0 Å². The highest BCUT2D eigenvalue weighted by atomic mass is 16.3. The van der Waals surface area contributed by atoms with Crippen molar-refractivity contribution in [3.63, 3.8) is 0 Å². The molecule has 0 aliphatic heterocycles. The van der Waals surface area contributed by atoms with E-state index in [0.29, 0.717) is 23.2 Å². The van der Waals surface area contributed by atoms with Crippen LogP contribution in [0.4, 0.5) is 0 Å². The molecule has 0 amide bonds. The van der Waals surface area contributed by atoms with Gasteiger partial charge in [-0.3, -0.25) is 0 Å². The first-order chi connectivity index (χ1) is 14.1. The fourth-order valence-electron chi connectivity index (χ4n) is 9.39. The molecule has 0 aromatic rings. The zero-order valence-electron chi connectivity index (χ0n) is 20.7. The number of aliphatic hydroxyl groups is 2. The molecule has 0 heterocycles. The second-order valence-electron chi connectivity index (χ2n) is 13.2. The molecule has 0 saturated heterocycles. The lowest BCUT2D eigenvalue weighted by molar-refractivity contribution is -0.179. The molecule has 4 aliphatic carbocycles. The lowest BCUT2D eigenvalue weighted by Gasteiger charge is -2.62. The van der Waals surface area contributed by atoms with E-state index in [9.17, 15) is 10.2 Å². The first-order valence-electron chi connectivity index (χ1n) is 13.4. The number of aliphatic hydroxyl groups excluding tert-OH is 2. The average Bonchev–Trinajstić information content (AvgIpc) is 3.02. The molecule has 0 spiro atoms. The van der Waals surface area contributed by atoms with Gasteiger partial charge in [0.2, 0.25) is 0 Å². The van der Waals surface area contributed by atoms with E-state index in [4.69, 9.17) is 0 Å². The molecule has 0 aromatic carbocycles. The van der Waals surface area contributed by atoms with Crippen molar-refractivity contribution in [2.75, 3.05) is 0 Å². The maximum atomic E-state index is 11.6. The number of hydrogen-bond donors (Lipinski definition) is 2. The fourth-order valence-corrected chi connectivity index (χ4v) is 9.39. The first-order valence-corrected chi connectivity index (χ1v) is 13.4. The van der Waals surface area contributed by atoms with E-state index in [2.05, 4.69) is 41.5 Å². The molecule has 2 N–H and O–H groups in total. The van der Waals surface area contributed by atoms with Crippen molar-refractivity contribution >= 4 is 0 Å². The van der Waals surface area contributed by atoms with Crippen molar-refractivity contribution in [3.8, 4) is 0 Å². The standard InChI is InChI=1S/C28H50O2/c1-17(2)18(3)7-8-19(4)23-11-12-24-22-10-9-20-15-21(29)13-14-27(20,5)26(22)25(30)16-28(23,24)6/h17-26,29-30H,7-16H2,1-6H3/t18-,19+,20-,21+,22-,23-,24+,25-,26-,27-,28-/m0/s1. The van der Waals surface area contributed by atoms with E-state index >= 15 is 0 Å². The highest BCUT2D eigenvalue weighted by Gasteiger charge is 2.63.